The smallest absolute Gasteiger partial charge is 0.146 e. The second-order valence-corrected chi connectivity index (χ2v) is 4.82. The number of piperidine rings is 1. The maximum Gasteiger partial charge on any atom is 0.146 e. The Balaban J connectivity index is 2.34. The van der Waals surface area contributed by atoms with Crippen LogP contribution in [0, 0.1) is 5.82 Å². The lowest BCUT2D eigenvalue weighted by molar-refractivity contribution is 0.474. The van der Waals surface area contributed by atoms with Crippen molar-refractivity contribution < 1.29 is 4.39 Å². The highest BCUT2D eigenvalue weighted by atomic mass is 19.1. The van der Waals surface area contributed by atoms with Crippen molar-refractivity contribution in [3.8, 4) is 0 Å². The second kappa shape index (κ2) is 5.50. The van der Waals surface area contributed by atoms with Crippen LogP contribution in [-0.2, 0) is 6.42 Å². The third kappa shape index (κ3) is 2.60. The first-order chi connectivity index (χ1) is 8.24. The monoisotopic (exact) mass is 236 g/mol. The van der Waals surface area contributed by atoms with E-state index in [1.165, 1.54) is 6.42 Å². The summed E-state index contributed by atoms with van der Waals surface area (Å²) in [7, 11) is 0. The van der Waals surface area contributed by atoms with Crippen LogP contribution < -0.4 is 10.6 Å². The number of nitrogens with zero attached hydrogens (tertiary/aromatic N) is 1. The van der Waals surface area contributed by atoms with Gasteiger partial charge < -0.3 is 10.6 Å². The van der Waals surface area contributed by atoms with E-state index in [2.05, 4.69) is 11.8 Å². The number of para-hydroxylation sites is 1. The van der Waals surface area contributed by atoms with E-state index in [0.717, 1.165) is 37.1 Å². The third-order valence-corrected chi connectivity index (χ3v) is 3.57. The quantitative estimate of drug-likeness (QED) is 0.874. The van der Waals surface area contributed by atoms with Crippen LogP contribution in [0.2, 0.25) is 0 Å². The molecule has 1 aliphatic heterocycles. The summed E-state index contributed by atoms with van der Waals surface area (Å²) < 4.78 is 14.0. The number of anilines is 1. The van der Waals surface area contributed by atoms with E-state index in [1.54, 1.807) is 12.1 Å². The van der Waals surface area contributed by atoms with Gasteiger partial charge in [-0.2, -0.15) is 0 Å². The molecule has 2 rings (SSSR count). The molecule has 1 atom stereocenters. The van der Waals surface area contributed by atoms with Crippen LogP contribution in [-0.4, -0.2) is 19.1 Å². The van der Waals surface area contributed by atoms with Gasteiger partial charge >= 0.3 is 0 Å². The summed E-state index contributed by atoms with van der Waals surface area (Å²) in [5, 5.41) is 0. The minimum atomic E-state index is -0.107. The Hall–Kier alpha value is -1.09. The van der Waals surface area contributed by atoms with E-state index in [0.29, 0.717) is 12.6 Å². The number of rotatable bonds is 3. The molecular weight excluding hydrogens is 215 g/mol. The van der Waals surface area contributed by atoms with E-state index >= 15 is 0 Å². The SMILES string of the molecule is CC1CCCCN1c1c(F)cccc1CCN. The Kier molecular flexibility index (Phi) is 4.00. The fourth-order valence-electron chi connectivity index (χ4n) is 2.67. The molecule has 0 saturated carbocycles. The molecule has 2 nitrogen and oxygen atoms in total. The minimum Gasteiger partial charge on any atom is -0.366 e. The van der Waals surface area contributed by atoms with Crippen molar-refractivity contribution in [2.45, 2.75) is 38.6 Å². The Morgan fingerprint density at radius 1 is 1.41 bits per heavy atom. The topological polar surface area (TPSA) is 29.3 Å². The number of nitrogens with two attached hydrogens (primary N) is 1. The van der Waals surface area contributed by atoms with Gasteiger partial charge in [-0.05, 0) is 50.8 Å². The maximum absolute atomic E-state index is 14.0. The number of hydrogen-bond acceptors (Lipinski definition) is 2. The highest BCUT2D eigenvalue weighted by Gasteiger charge is 2.23. The van der Waals surface area contributed by atoms with Crippen molar-refractivity contribution in [2.75, 3.05) is 18.0 Å². The van der Waals surface area contributed by atoms with Gasteiger partial charge in [-0.3, -0.25) is 0 Å². The summed E-state index contributed by atoms with van der Waals surface area (Å²) in [5.74, 6) is -0.107. The van der Waals surface area contributed by atoms with E-state index in [9.17, 15) is 4.39 Å². The van der Waals surface area contributed by atoms with Gasteiger partial charge in [0.2, 0.25) is 0 Å². The van der Waals surface area contributed by atoms with Gasteiger partial charge in [0.25, 0.3) is 0 Å². The number of halogens is 1. The summed E-state index contributed by atoms with van der Waals surface area (Å²) in [6, 6.07) is 5.75. The maximum atomic E-state index is 14.0. The molecule has 0 spiro atoms. The van der Waals surface area contributed by atoms with Gasteiger partial charge in [-0.15, -0.1) is 0 Å². The minimum absolute atomic E-state index is 0.107. The summed E-state index contributed by atoms with van der Waals surface area (Å²) in [6.07, 6.45) is 4.30. The molecule has 0 bridgehead atoms. The molecule has 1 heterocycles. The zero-order valence-corrected chi connectivity index (χ0v) is 10.5. The van der Waals surface area contributed by atoms with Gasteiger partial charge in [0.15, 0.2) is 0 Å². The molecule has 0 radical (unpaired) electrons. The van der Waals surface area contributed by atoms with Crippen LogP contribution in [0.3, 0.4) is 0 Å². The molecule has 0 aliphatic carbocycles. The van der Waals surface area contributed by atoms with Gasteiger partial charge in [-0.25, -0.2) is 4.39 Å². The largest absolute Gasteiger partial charge is 0.366 e. The van der Waals surface area contributed by atoms with Crippen molar-refractivity contribution >= 4 is 5.69 Å². The van der Waals surface area contributed by atoms with E-state index in [-0.39, 0.29) is 5.82 Å². The van der Waals surface area contributed by atoms with Gasteiger partial charge in [0.1, 0.15) is 5.82 Å². The van der Waals surface area contributed by atoms with Crippen molar-refractivity contribution in [1.29, 1.82) is 0 Å². The summed E-state index contributed by atoms with van der Waals surface area (Å²) >= 11 is 0. The standard InChI is InChI=1S/C14H21FN2/c1-11-5-2-3-10-17(11)14-12(8-9-16)6-4-7-13(14)15/h4,6-7,11H,2-3,5,8-10,16H2,1H3. The van der Waals surface area contributed by atoms with Crippen molar-refractivity contribution in [1.82, 2.24) is 0 Å². The Morgan fingerprint density at radius 2 is 2.24 bits per heavy atom. The molecule has 17 heavy (non-hydrogen) atoms. The fraction of sp³-hybridized carbons (Fsp3) is 0.571. The second-order valence-electron chi connectivity index (χ2n) is 4.82. The van der Waals surface area contributed by atoms with Crippen LogP contribution in [0.1, 0.15) is 31.7 Å². The highest BCUT2D eigenvalue weighted by Crippen LogP contribution is 2.30. The molecule has 1 aromatic rings. The van der Waals surface area contributed by atoms with Crippen LogP contribution in [0.4, 0.5) is 10.1 Å². The lowest BCUT2D eigenvalue weighted by Gasteiger charge is -2.36. The van der Waals surface area contributed by atoms with E-state index in [1.807, 2.05) is 6.07 Å². The summed E-state index contributed by atoms with van der Waals surface area (Å²) in [5.41, 5.74) is 7.43. The van der Waals surface area contributed by atoms with Crippen molar-refractivity contribution in [2.24, 2.45) is 5.73 Å². The number of hydrogen-bond donors (Lipinski definition) is 1. The Morgan fingerprint density at radius 3 is 2.94 bits per heavy atom. The van der Waals surface area contributed by atoms with Crippen LogP contribution >= 0.6 is 0 Å². The first-order valence-electron chi connectivity index (χ1n) is 6.48. The van der Waals surface area contributed by atoms with Gasteiger partial charge in [0.05, 0.1) is 5.69 Å². The predicted octanol–water partition coefficient (Wildman–Crippen LogP) is 2.71. The molecule has 1 aliphatic rings. The first-order valence-corrected chi connectivity index (χ1v) is 6.48. The van der Waals surface area contributed by atoms with Crippen LogP contribution in [0.5, 0.6) is 0 Å². The lowest BCUT2D eigenvalue weighted by Crippen LogP contribution is -2.38. The molecule has 2 N–H and O–H groups in total. The zero-order chi connectivity index (χ0) is 12.3. The molecule has 1 unspecified atom stereocenters. The fourth-order valence-corrected chi connectivity index (χ4v) is 2.67. The predicted molar refractivity (Wildman–Crippen MR) is 69.8 cm³/mol. The van der Waals surface area contributed by atoms with Gasteiger partial charge in [0, 0.05) is 12.6 Å². The van der Waals surface area contributed by atoms with Crippen molar-refractivity contribution in [3.63, 3.8) is 0 Å². The molecule has 1 saturated heterocycles. The van der Waals surface area contributed by atoms with Crippen LogP contribution in [0.15, 0.2) is 18.2 Å². The first kappa shape index (κ1) is 12.4. The number of benzene rings is 1. The average Bonchev–Trinajstić information content (AvgIpc) is 2.31. The summed E-state index contributed by atoms with van der Waals surface area (Å²) in [6.45, 7) is 3.70. The normalized spacial score (nSPS) is 20.6. The molecule has 0 amide bonds. The molecule has 0 aromatic heterocycles. The zero-order valence-electron chi connectivity index (χ0n) is 10.5. The lowest BCUT2D eigenvalue weighted by atomic mass is 10.00. The Labute approximate surface area is 103 Å². The van der Waals surface area contributed by atoms with Crippen molar-refractivity contribution in [3.05, 3.63) is 29.6 Å². The molecule has 3 heteroatoms. The van der Waals surface area contributed by atoms with E-state index in [4.69, 9.17) is 5.73 Å². The van der Waals surface area contributed by atoms with Crippen LogP contribution in [0.25, 0.3) is 0 Å². The third-order valence-electron chi connectivity index (χ3n) is 3.57. The molecule has 1 fully saturated rings. The Bertz CT molecular complexity index is 378. The highest BCUT2D eigenvalue weighted by molar-refractivity contribution is 5.56. The molecule has 94 valence electrons. The molecular formula is C14H21FN2. The van der Waals surface area contributed by atoms with E-state index < -0.39 is 0 Å². The molecule has 1 aromatic carbocycles. The van der Waals surface area contributed by atoms with Gasteiger partial charge in [-0.1, -0.05) is 12.1 Å². The average molecular weight is 236 g/mol. The summed E-state index contributed by atoms with van der Waals surface area (Å²) in [4.78, 5) is 2.21.